The highest BCUT2D eigenvalue weighted by molar-refractivity contribution is 6.49. The highest BCUT2D eigenvalue weighted by Crippen LogP contribution is 2.27. The Bertz CT molecular complexity index is 287. The third kappa shape index (κ3) is 1.70. The number of allylic oxidation sites excluding steroid dienone is 4. The third-order valence-electron chi connectivity index (χ3n) is 1.89. The van der Waals surface area contributed by atoms with E-state index in [0.717, 1.165) is 5.57 Å². The van der Waals surface area contributed by atoms with Crippen LogP contribution in [0, 0.1) is 16.2 Å². The molecule has 0 aliphatic heterocycles. The summed E-state index contributed by atoms with van der Waals surface area (Å²) in [7, 11) is 0. The molecule has 0 spiro atoms. The molecule has 12 heavy (non-hydrogen) atoms. The van der Waals surface area contributed by atoms with Gasteiger partial charge in [-0.3, -0.25) is 10.8 Å². The van der Waals surface area contributed by atoms with Crippen LogP contribution in [0.3, 0.4) is 0 Å². The Morgan fingerprint density at radius 3 is 2.00 bits per heavy atom. The summed E-state index contributed by atoms with van der Waals surface area (Å²) in [6.07, 6.45) is 5.37. The van der Waals surface area contributed by atoms with Crippen LogP contribution in [0.5, 0.6) is 0 Å². The largest absolute Gasteiger partial charge is 0.299 e. The van der Waals surface area contributed by atoms with Gasteiger partial charge in [0.05, 0.1) is 11.4 Å². The smallest absolute Gasteiger partial charge is 0.0792 e. The van der Waals surface area contributed by atoms with Crippen LogP contribution in [0.1, 0.15) is 20.8 Å². The Morgan fingerprint density at radius 1 is 1.00 bits per heavy atom. The summed E-state index contributed by atoms with van der Waals surface area (Å²) in [5, 5.41) is 14.8. The molecular weight excluding hydrogens is 148 g/mol. The quantitative estimate of drug-likeness (QED) is 0.514. The van der Waals surface area contributed by atoms with Crippen molar-refractivity contribution in [3.63, 3.8) is 0 Å². The summed E-state index contributed by atoms with van der Waals surface area (Å²) < 4.78 is 0. The molecule has 0 radical (unpaired) electrons. The minimum atomic E-state index is 0.0729. The number of hydrogen-bond acceptors (Lipinski definition) is 2. The van der Waals surface area contributed by atoms with Crippen LogP contribution < -0.4 is 0 Å². The maximum atomic E-state index is 7.45. The van der Waals surface area contributed by atoms with Crippen molar-refractivity contribution in [1.29, 1.82) is 10.8 Å². The van der Waals surface area contributed by atoms with E-state index in [1.54, 1.807) is 12.2 Å². The highest BCUT2D eigenvalue weighted by Gasteiger charge is 2.18. The van der Waals surface area contributed by atoms with E-state index in [-0.39, 0.29) is 5.41 Å². The van der Waals surface area contributed by atoms with E-state index < -0.39 is 0 Å². The minimum Gasteiger partial charge on any atom is -0.299 e. The Kier molecular flexibility index (Phi) is 2.01. The van der Waals surface area contributed by atoms with Crippen molar-refractivity contribution in [3.05, 3.63) is 23.8 Å². The molecule has 1 aliphatic carbocycles. The Labute approximate surface area is 73.0 Å². The van der Waals surface area contributed by atoms with Gasteiger partial charge in [0, 0.05) is 0 Å². The van der Waals surface area contributed by atoms with Crippen LogP contribution >= 0.6 is 0 Å². The first-order valence-electron chi connectivity index (χ1n) is 3.99. The summed E-state index contributed by atoms with van der Waals surface area (Å²) in [4.78, 5) is 0. The summed E-state index contributed by atoms with van der Waals surface area (Å²) in [6, 6.07) is 0. The van der Waals surface area contributed by atoms with E-state index in [0.29, 0.717) is 11.4 Å². The Hall–Kier alpha value is -1.18. The number of rotatable bonds is 0. The van der Waals surface area contributed by atoms with Crippen LogP contribution in [-0.2, 0) is 0 Å². The molecule has 2 N–H and O–H groups in total. The predicted molar refractivity (Wildman–Crippen MR) is 52.1 cm³/mol. The monoisotopic (exact) mass is 162 g/mol. The zero-order chi connectivity index (χ0) is 9.35. The van der Waals surface area contributed by atoms with E-state index in [1.165, 1.54) is 0 Å². The minimum absolute atomic E-state index is 0.0729. The normalized spacial score (nSPS) is 18.1. The fourth-order valence-corrected chi connectivity index (χ4v) is 1.01. The van der Waals surface area contributed by atoms with Crippen LogP contribution in [0.4, 0.5) is 0 Å². The maximum Gasteiger partial charge on any atom is 0.0792 e. The molecule has 0 saturated heterocycles. The second-order valence-corrected chi connectivity index (χ2v) is 4.01. The van der Waals surface area contributed by atoms with Gasteiger partial charge in [0.15, 0.2) is 0 Å². The summed E-state index contributed by atoms with van der Waals surface area (Å²) in [6.45, 7) is 6.31. The molecule has 0 bridgehead atoms. The average Bonchev–Trinajstić information content (AvgIpc) is 1.92. The van der Waals surface area contributed by atoms with Gasteiger partial charge in [-0.15, -0.1) is 0 Å². The molecule has 0 saturated carbocycles. The van der Waals surface area contributed by atoms with Gasteiger partial charge >= 0.3 is 0 Å². The van der Waals surface area contributed by atoms with Crippen molar-refractivity contribution >= 4 is 11.4 Å². The molecule has 0 aromatic heterocycles. The highest BCUT2D eigenvalue weighted by atomic mass is 14.5. The first-order valence-corrected chi connectivity index (χ1v) is 3.99. The second-order valence-electron chi connectivity index (χ2n) is 4.01. The zero-order valence-corrected chi connectivity index (χ0v) is 7.73. The molecule has 0 aromatic rings. The lowest BCUT2D eigenvalue weighted by atomic mass is 9.83. The topological polar surface area (TPSA) is 47.7 Å². The fourth-order valence-electron chi connectivity index (χ4n) is 1.01. The third-order valence-corrected chi connectivity index (χ3v) is 1.89. The molecule has 1 aliphatic rings. The van der Waals surface area contributed by atoms with Crippen molar-refractivity contribution in [2.24, 2.45) is 5.41 Å². The predicted octanol–water partition coefficient (Wildman–Crippen LogP) is 2.57. The van der Waals surface area contributed by atoms with Crippen molar-refractivity contribution in [3.8, 4) is 0 Å². The van der Waals surface area contributed by atoms with E-state index in [2.05, 4.69) is 20.8 Å². The molecule has 2 nitrogen and oxygen atoms in total. The van der Waals surface area contributed by atoms with E-state index in [4.69, 9.17) is 10.8 Å². The fraction of sp³-hybridized carbons (Fsp3) is 0.400. The first kappa shape index (κ1) is 8.91. The molecular formula is C10H14N2. The molecule has 0 unspecified atom stereocenters. The Balaban J connectivity index is 2.99. The van der Waals surface area contributed by atoms with Gasteiger partial charge in [-0.05, 0) is 23.1 Å². The standard InChI is InChI=1S/C10H14N2/c1-10(2,3)7-4-5-8(11)9(12)6-7/h4-6,11-12H,1-3H3. The molecule has 1 rings (SSSR count). The van der Waals surface area contributed by atoms with Gasteiger partial charge in [-0.2, -0.15) is 0 Å². The Morgan fingerprint density at radius 2 is 1.58 bits per heavy atom. The zero-order valence-electron chi connectivity index (χ0n) is 7.73. The van der Waals surface area contributed by atoms with Crippen LogP contribution in [0.15, 0.2) is 23.8 Å². The van der Waals surface area contributed by atoms with E-state index in [1.807, 2.05) is 6.08 Å². The SMILES string of the molecule is CC(C)(C)C1=CC(=N)C(=N)C=C1. The van der Waals surface area contributed by atoms with Crippen molar-refractivity contribution in [1.82, 2.24) is 0 Å². The van der Waals surface area contributed by atoms with Crippen LogP contribution in [-0.4, -0.2) is 11.4 Å². The van der Waals surface area contributed by atoms with Crippen molar-refractivity contribution in [2.75, 3.05) is 0 Å². The second kappa shape index (κ2) is 2.70. The lowest BCUT2D eigenvalue weighted by Gasteiger charge is -2.22. The molecule has 0 heterocycles. The molecule has 0 aromatic carbocycles. The van der Waals surface area contributed by atoms with E-state index in [9.17, 15) is 0 Å². The number of nitrogens with one attached hydrogen (secondary N) is 2. The van der Waals surface area contributed by atoms with Gasteiger partial charge in [-0.1, -0.05) is 26.8 Å². The lowest BCUT2D eigenvalue weighted by molar-refractivity contribution is 0.517. The molecule has 0 atom stereocenters. The molecule has 0 fully saturated rings. The molecule has 64 valence electrons. The van der Waals surface area contributed by atoms with Gasteiger partial charge in [0.25, 0.3) is 0 Å². The maximum absolute atomic E-state index is 7.45. The van der Waals surface area contributed by atoms with Gasteiger partial charge in [-0.25, -0.2) is 0 Å². The van der Waals surface area contributed by atoms with Crippen LogP contribution in [0.2, 0.25) is 0 Å². The summed E-state index contributed by atoms with van der Waals surface area (Å²) in [5.74, 6) is 0. The van der Waals surface area contributed by atoms with Gasteiger partial charge in [0.2, 0.25) is 0 Å². The van der Waals surface area contributed by atoms with Crippen molar-refractivity contribution < 1.29 is 0 Å². The lowest BCUT2D eigenvalue weighted by Crippen LogP contribution is -2.16. The molecule has 2 heteroatoms. The van der Waals surface area contributed by atoms with Crippen molar-refractivity contribution in [2.45, 2.75) is 20.8 Å². The van der Waals surface area contributed by atoms with E-state index >= 15 is 0 Å². The molecule has 0 amide bonds. The number of hydrogen-bond donors (Lipinski definition) is 2. The summed E-state index contributed by atoms with van der Waals surface area (Å²) in [5.41, 5.74) is 1.79. The van der Waals surface area contributed by atoms with Crippen LogP contribution in [0.25, 0.3) is 0 Å². The summed E-state index contributed by atoms with van der Waals surface area (Å²) >= 11 is 0. The average molecular weight is 162 g/mol. The van der Waals surface area contributed by atoms with Gasteiger partial charge in [0.1, 0.15) is 0 Å². The first-order chi connectivity index (χ1) is 5.41. The van der Waals surface area contributed by atoms with Gasteiger partial charge < -0.3 is 0 Å².